The standard InChI is InChI=1S/C19H24N4O3/c24-15-9-10-20-17(15)19(25)21-11-13-3-6-14(7-4-13)18-22-16(26-23-18)8-5-12-1-2-12/h3-4,6-7,12,15,17,20,24H,1-2,5,8-11H2,(H,21,25)/t15-,17-/m0/s1. The zero-order valence-electron chi connectivity index (χ0n) is 14.6. The van der Waals surface area contributed by atoms with E-state index in [1.54, 1.807) is 0 Å². The number of carbonyl (C=O) groups excluding carboxylic acids is 1. The van der Waals surface area contributed by atoms with E-state index in [4.69, 9.17) is 4.52 Å². The van der Waals surface area contributed by atoms with Gasteiger partial charge in [-0.05, 0) is 30.9 Å². The molecule has 7 nitrogen and oxygen atoms in total. The van der Waals surface area contributed by atoms with Crippen molar-refractivity contribution in [3.63, 3.8) is 0 Å². The first-order valence-electron chi connectivity index (χ1n) is 9.30. The number of amides is 1. The fourth-order valence-corrected chi connectivity index (χ4v) is 3.24. The maximum atomic E-state index is 12.1. The molecule has 1 saturated heterocycles. The summed E-state index contributed by atoms with van der Waals surface area (Å²) >= 11 is 0. The number of aryl methyl sites for hydroxylation is 1. The Morgan fingerprint density at radius 3 is 2.77 bits per heavy atom. The number of carbonyl (C=O) groups is 1. The number of aromatic nitrogens is 2. The number of nitrogens with one attached hydrogen (secondary N) is 2. The van der Waals surface area contributed by atoms with E-state index < -0.39 is 12.1 Å². The first-order chi connectivity index (χ1) is 12.7. The molecular weight excluding hydrogens is 332 g/mol. The van der Waals surface area contributed by atoms with Gasteiger partial charge in [-0.15, -0.1) is 0 Å². The van der Waals surface area contributed by atoms with E-state index in [2.05, 4.69) is 20.8 Å². The Morgan fingerprint density at radius 2 is 2.08 bits per heavy atom. The summed E-state index contributed by atoms with van der Waals surface area (Å²) < 4.78 is 5.32. The van der Waals surface area contributed by atoms with Gasteiger partial charge in [0, 0.05) is 18.5 Å². The first-order valence-corrected chi connectivity index (χ1v) is 9.30. The van der Waals surface area contributed by atoms with Gasteiger partial charge in [-0.3, -0.25) is 4.79 Å². The lowest BCUT2D eigenvalue weighted by molar-refractivity contribution is -0.124. The number of aliphatic hydroxyl groups is 1. The summed E-state index contributed by atoms with van der Waals surface area (Å²) in [5.74, 6) is 1.98. The Hall–Kier alpha value is -2.25. The van der Waals surface area contributed by atoms with Crippen molar-refractivity contribution in [3.05, 3.63) is 35.7 Å². The lowest BCUT2D eigenvalue weighted by Gasteiger charge is -2.14. The van der Waals surface area contributed by atoms with Gasteiger partial charge in [0.2, 0.25) is 17.6 Å². The van der Waals surface area contributed by atoms with Gasteiger partial charge in [0.05, 0.1) is 6.10 Å². The molecule has 1 aliphatic carbocycles. The molecule has 1 amide bonds. The molecule has 0 unspecified atom stereocenters. The molecule has 26 heavy (non-hydrogen) atoms. The second-order valence-corrected chi connectivity index (χ2v) is 7.20. The Labute approximate surface area is 152 Å². The molecule has 2 aliphatic rings. The second-order valence-electron chi connectivity index (χ2n) is 7.20. The van der Waals surface area contributed by atoms with E-state index in [-0.39, 0.29) is 5.91 Å². The molecule has 0 spiro atoms. The lowest BCUT2D eigenvalue weighted by Crippen LogP contribution is -2.45. The minimum Gasteiger partial charge on any atom is -0.391 e. The molecule has 2 atom stereocenters. The van der Waals surface area contributed by atoms with Crippen LogP contribution in [0.15, 0.2) is 28.8 Å². The molecule has 4 rings (SSSR count). The largest absolute Gasteiger partial charge is 0.391 e. The highest BCUT2D eigenvalue weighted by Crippen LogP contribution is 2.33. The summed E-state index contributed by atoms with van der Waals surface area (Å²) in [5.41, 5.74) is 1.88. The Morgan fingerprint density at radius 1 is 1.27 bits per heavy atom. The van der Waals surface area contributed by atoms with Gasteiger partial charge in [-0.25, -0.2) is 0 Å². The van der Waals surface area contributed by atoms with Crippen molar-refractivity contribution in [1.82, 2.24) is 20.8 Å². The summed E-state index contributed by atoms with van der Waals surface area (Å²) in [6.07, 6.45) is 4.64. The normalized spacial score (nSPS) is 22.5. The van der Waals surface area contributed by atoms with Crippen LogP contribution < -0.4 is 10.6 Å². The SMILES string of the molecule is O=C(NCc1ccc(-c2noc(CCC3CC3)n2)cc1)[C@H]1NCC[C@@H]1O. The first kappa shape index (κ1) is 17.2. The minimum absolute atomic E-state index is 0.169. The van der Waals surface area contributed by atoms with E-state index >= 15 is 0 Å². The molecule has 2 heterocycles. The maximum absolute atomic E-state index is 12.1. The number of aliphatic hydroxyl groups excluding tert-OH is 1. The van der Waals surface area contributed by atoms with Crippen LogP contribution in [0.3, 0.4) is 0 Å². The number of benzene rings is 1. The van der Waals surface area contributed by atoms with E-state index in [0.717, 1.165) is 29.9 Å². The third-order valence-electron chi connectivity index (χ3n) is 5.08. The number of rotatable bonds is 7. The highest BCUT2D eigenvalue weighted by Gasteiger charge is 2.30. The van der Waals surface area contributed by atoms with Gasteiger partial charge in [-0.2, -0.15) is 4.98 Å². The zero-order valence-corrected chi connectivity index (χ0v) is 14.6. The van der Waals surface area contributed by atoms with Crippen LogP contribution in [-0.2, 0) is 17.8 Å². The third kappa shape index (κ3) is 4.11. The third-order valence-corrected chi connectivity index (χ3v) is 5.08. The molecular formula is C19H24N4O3. The van der Waals surface area contributed by atoms with Crippen LogP contribution in [0.4, 0.5) is 0 Å². The van der Waals surface area contributed by atoms with Crippen molar-refractivity contribution in [2.75, 3.05) is 6.54 Å². The van der Waals surface area contributed by atoms with E-state index in [9.17, 15) is 9.90 Å². The molecule has 1 saturated carbocycles. The fraction of sp³-hybridized carbons (Fsp3) is 0.526. The van der Waals surface area contributed by atoms with Crippen LogP contribution in [0.5, 0.6) is 0 Å². The van der Waals surface area contributed by atoms with Crippen LogP contribution >= 0.6 is 0 Å². The zero-order chi connectivity index (χ0) is 17.9. The van der Waals surface area contributed by atoms with Gasteiger partial charge in [0.25, 0.3) is 0 Å². The monoisotopic (exact) mass is 356 g/mol. The molecule has 3 N–H and O–H groups in total. The average molecular weight is 356 g/mol. The fourth-order valence-electron chi connectivity index (χ4n) is 3.24. The van der Waals surface area contributed by atoms with Crippen molar-refractivity contribution < 1.29 is 14.4 Å². The lowest BCUT2D eigenvalue weighted by atomic mass is 10.1. The average Bonchev–Trinajstić information content (AvgIpc) is 3.19. The van der Waals surface area contributed by atoms with Crippen LogP contribution in [0, 0.1) is 5.92 Å². The van der Waals surface area contributed by atoms with E-state index in [0.29, 0.717) is 31.2 Å². The molecule has 0 radical (unpaired) electrons. The summed E-state index contributed by atoms with van der Waals surface area (Å²) in [4.78, 5) is 16.5. The van der Waals surface area contributed by atoms with Crippen molar-refractivity contribution in [2.24, 2.45) is 5.92 Å². The van der Waals surface area contributed by atoms with Gasteiger partial charge in [0.1, 0.15) is 6.04 Å². The van der Waals surface area contributed by atoms with Crippen molar-refractivity contribution in [1.29, 1.82) is 0 Å². The smallest absolute Gasteiger partial charge is 0.240 e. The summed E-state index contributed by atoms with van der Waals surface area (Å²) in [6.45, 7) is 1.09. The molecule has 1 aromatic carbocycles. The van der Waals surface area contributed by atoms with E-state index in [1.807, 2.05) is 24.3 Å². The maximum Gasteiger partial charge on any atom is 0.240 e. The van der Waals surface area contributed by atoms with Gasteiger partial charge in [0.15, 0.2) is 0 Å². The van der Waals surface area contributed by atoms with Crippen molar-refractivity contribution in [3.8, 4) is 11.4 Å². The Balaban J connectivity index is 1.30. The van der Waals surface area contributed by atoms with Crippen LogP contribution in [-0.4, -0.2) is 39.8 Å². The predicted molar refractivity (Wildman–Crippen MR) is 95.0 cm³/mol. The molecule has 1 aliphatic heterocycles. The van der Waals surface area contributed by atoms with Crippen molar-refractivity contribution >= 4 is 5.91 Å². The molecule has 0 bridgehead atoms. The highest BCUT2D eigenvalue weighted by molar-refractivity contribution is 5.82. The van der Waals surface area contributed by atoms with Gasteiger partial charge >= 0.3 is 0 Å². The Kier molecular flexibility index (Phi) is 4.99. The summed E-state index contributed by atoms with van der Waals surface area (Å²) in [5, 5.41) is 19.7. The quantitative estimate of drug-likeness (QED) is 0.694. The second kappa shape index (κ2) is 7.55. The molecule has 1 aromatic heterocycles. The van der Waals surface area contributed by atoms with Gasteiger partial charge in [-0.1, -0.05) is 42.3 Å². The van der Waals surface area contributed by atoms with E-state index in [1.165, 1.54) is 12.8 Å². The number of nitrogens with zero attached hydrogens (tertiary/aromatic N) is 2. The Bertz CT molecular complexity index is 754. The summed E-state index contributed by atoms with van der Waals surface area (Å²) in [7, 11) is 0. The molecule has 7 heteroatoms. The molecule has 138 valence electrons. The number of hydrogen-bond acceptors (Lipinski definition) is 6. The number of hydrogen-bond donors (Lipinski definition) is 3. The molecule has 2 fully saturated rings. The van der Waals surface area contributed by atoms with Crippen LogP contribution in [0.2, 0.25) is 0 Å². The molecule has 2 aromatic rings. The van der Waals surface area contributed by atoms with Gasteiger partial charge < -0.3 is 20.3 Å². The van der Waals surface area contributed by atoms with Crippen molar-refractivity contribution in [2.45, 2.75) is 50.8 Å². The highest BCUT2D eigenvalue weighted by atomic mass is 16.5. The minimum atomic E-state index is -0.607. The predicted octanol–water partition coefficient (Wildman–Crippen LogP) is 1.42. The topological polar surface area (TPSA) is 100 Å². The van der Waals surface area contributed by atoms with Crippen LogP contribution in [0.1, 0.15) is 37.1 Å². The van der Waals surface area contributed by atoms with Crippen LogP contribution in [0.25, 0.3) is 11.4 Å². The summed E-state index contributed by atoms with van der Waals surface area (Å²) in [6, 6.07) is 7.23.